The zero-order valence-electron chi connectivity index (χ0n) is 21.4. The Morgan fingerprint density at radius 2 is 1.90 bits per heavy atom. The summed E-state index contributed by atoms with van der Waals surface area (Å²) in [6.45, 7) is 5.34. The second-order valence-electron chi connectivity index (χ2n) is 9.35. The van der Waals surface area contributed by atoms with E-state index in [4.69, 9.17) is 4.74 Å². The van der Waals surface area contributed by atoms with E-state index < -0.39 is 6.03 Å². The van der Waals surface area contributed by atoms with Gasteiger partial charge in [0, 0.05) is 36.7 Å². The molecule has 0 saturated heterocycles. The molecule has 40 heavy (non-hydrogen) atoms. The Morgan fingerprint density at radius 1 is 1.12 bits per heavy atom. The second-order valence-corrected chi connectivity index (χ2v) is 10.4. The predicted octanol–water partition coefficient (Wildman–Crippen LogP) is 4.22. The van der Waals surface area contributed by atoms with Crippen LogP contribution < -0.4 is 25.6 Å². The van der Waals surface area contributed by atoms with Gasteiger partial charge in [-0.3, -0.25) is 14.5 Å². The quantitative estimate of drug-likeness (QED) is 0.286. The number of anilines is 3. The molecule has 0 aromatic carbocycles. The molecule has 0 radical (unpaired) electrons. The van der Waals surface area contributed by atoms with Gasteiger partial charge in [0.15, 0.2) is 0 Å². The number of aromatic nitrogens is 4. The molecule has 2 aliphatic rings. The van der Waals surface area contributed by atoms with E-state index in [9.17, 15) is 14.4 Å². The summed E-state index contributed by atoms with van der Waals surface area (Å²) in [6.07, 6.45) is 9.87. The Labute approximate surface area is 232 Å². The van der Waals surface area contributed by atoms with Crippen LogP contribution in [-0.4, -0.2) is 49.9 Å². The van der Waals surface area contributed by atoms with Crippen molar-refractivity contribution < 1.29 is 19.1 Å². The van der Waals surface area contributed by atoms with E-state index in [0.29, 0.717) is 32.2 Å². The van der Waals surface area contributed by atoms with E-state index in [1.807, 2.05) is 6.92 Å². The first-order valence-corrected chi connectivity index (χ1v) is 13.4. The summed E-state index contributed by atoms with van der Waals surface area (Å²) in [4.78, 5) is 58.1. The highest BCUT2D eigenvalue weighted by atomic mass is 32.1. The monoisotopic (exact) mass is 556 g/mol. The number of hydrogen-bond acceptors (Lipinski definition) is 9. The van der Waals surface area contributed by atoms with Crippen LogP contribution in [0.2, 0.25) is 0 Å². The lowest BCUT2D eigenvalue weighted by molar-refractivity contribution is -0.117. The topological polar surface area (TPSA) is 151 Å². The van der Waals surface area contributed by atoms with Crippen LogP contribution in [0.1, 0.15) is 34.5 Å². The number of rotatable bonds is 7. The summed E-state index contributed by atoms with van der Waals surface area (Å²) in [7, 11) is 0. The summed E-state index contributed by atoms with van der Waals surface area (Å²) in [5.74, 6) is -0.318. The maximum Gasteiger partial charge on any atom is 0.331 e. The predicted molar refractivity (Wildman–Crippen MR) is 149 cm³/mol. The van der Waals surface area contributed by atoms with Crippen molar-refractivity contribution in [3.05, 3.63) is 66.1 Å². The molecule has 3 N–H and O–H groups in total. The SMILES string of the molecule is C=CC(=O)N[C@H]1CCC[C@H]1NC(=O)c1sc2nccc3c2c1NC(=O)N3c1cnc(Oc2ncccn2)cc1C. The first kappa shape index (κ1) is 25.4. The highest BCUT2D eigenvalue weighted by molar-refractivity contribution is 7.21. The molecule has 0 unspecified atom stereocenters. The third-order valence-corrected chi connectivity index (χ3v) is 7.93. The van der Waals surface area contributed by atoms with Crippen molar-refractivity contribution in [1.29, 1.82) is 0 Å². The number of hydrogen-bond donors (Lipinski definition) is 3. The van der Waals surface area contributed by atoms with Crippen LogP contribution >= 0.6 is 11.3 Å². The molecule has 1 saturated carbocycles. The zero-order chi connectivity index (χ0) is 27.8. The van der Waals surface area contributed by atoms with E-state index in [1.54, 1.807) is 43.0 Å². The molecule has 12 nitrogen and oxygen atoms in total. The Hall–Kier alpha value is -4.91. The van der Waals surface area contributed by atoms with Crippen molar-refractivity contribution in [3.8, 4) is 11.9 Å². The van der Waals surface area contributed by atoms with Gasteiger partial charge in [-0.05, 0) is 50.0 Å². The number of carbonyl (C=O) groups excluding carboxylic acids is 3. The molecule has 1 fully saturated rings. The molecule has 4 amide bonds. The summed E-state index contributed by atoms with van der Waals surface area (Å²) in [6, 6.07) is 4.43. The number of thiophene rings is 1. The van der Waals surface area contributed by atoms with Crippen LogP contribution in [0.5, 0.6) is 11.9 Å². The molecule has 6 rings (SSSR count). The Balaban J connectivity index is 1.30. The largest absolute Gasteiger partial charge is 0.405 e. The normalized spacial score (nSPS) is 17.8. The Bertz CT molecular complexity index is 1660. The lowest BCUT2D eigenvalue weighted by atomic mass is 10.1. The fourth-order valence-electron chi connectivity index (χ4n) is 5.01. The number of ether oxygens (including phenoxy) is 1. The number of urea groups is 1. The minimum atomic E-state index is -0.436. The minimum absolute atomic E-state index is 0.162. The number of nitrogens with zero attached hydrogens (tertiary/aromatic N) is 5. The molecule has 0 spiro atoms. The highest BCUT2D eigenvalue weighted by Crippen LogP contribution is 2.46. The lowest BCUT2D eigenvalue weighted by Crippen LogP contribution is -2.48. The lowest BCUT2D eigenvalue weighted by Gasteiger charge is -2.29. The molecule has 0 bridgehead atoms. The van der Waals surface area contributed by atoms with E-state index in [2.05, 4.69) is 42.5 Å². The number of carbonyl (C=O) groups is 3. The maximum absolute atomic E-state index is 13.5. The summed E-state index contributed by atoms with van der Waals surface area (Å²) < 4.78 is 5.63. The molecular weight excluding hydrogens is 532 g/mol. The molecule has 1 aliphatic heterocycles. The van der Waals surface area contributed by atoms with Crippen LogP contribution in [-0.2, 0) is 4.79 Å². The molecule has 13 heteroatoms. The smallest absolute Gasteiger partial charge is 0.331 e. The molecule has 5 heterocycles. The van der Waals surface area contributed by atoms with Crippen LogP contribution in [0.4, 0.5) is 21.9 Å². The first-order chi connectivity index (χ1) is 19.4. The fourth-order valence-corrected chi connectivity index (χ4v) is 6.03. The third kappa shape index (κ3) is 4.60. The summed E-state index contributed by atoms with van der Waals surface area (Å²) in [5, 5.41) is 9.49. The van der Waals surface area contributed by atoms with Gasteiger partial charge in [0.05, 0.1) is 28.6 Å². The number of aryl methyl sites for hydroxylation is 1. The average Bonchev–Trinajstić information content (AvgIpc) is 3.55. The second kappa shape index (κ2) is 10.3. The summed E-state index contributed by atoms with van der Waals surface area (Å²) in [5.41, 5.74) is 2.27. The van der Waals surface area contributed by atoms with E-state index >= 15 is 0 Å². The maximum atomic E-state index is 13.5. The van der Waals surface area contributed by atoms with Crippen molar-refractivity contribution in [2.45, 2.75) is 38.3 Å². The van der Waals surface area contributed by atoms with Gasteiger partial charge < -0.3 is 20.7 Å². The van der Waals surface area contributed by atoms with Crippen molar-refractivity contribution in [3.63, 3.8) is 0 Å². The molecule has 2 atom stereocenters. The first-order valence-electron chi connectivity index (χ1n) is 12.6. The summed E-state index contributed by atoms with van der Waals surface area (Å²) >= 11 is 1.20. The van der Waals surface area contributed by atoms with Crippen molar-refractivity contribution in [2.24, 2.45) is 0 Å². The van der Waals surface area contributed by atoms with Gasteiger partial charge in [0.2, 0.25) is 11.8 Å². The highest BCUT2D eigenvalue weighted by Gasteiger charge is 2.35. The van der Waals surface area contributed by atoms with Crippen LogP contribution in [0.3, 0.4) is 0 Å². The zero-order valence-corrected chi connectivity index (χ0v) is 22.2. The minimum Gasteiger partial charge on any atom is -0.405 e. The van der Waals surface area contributed by atoms with Crippen LogP contribution in [0, 0.1) is 6.92 Å². The third-order valence-electron chi connectivity index (χ3n) is 6.83. The molecule has 1 aliphatic carbocycles. The molecule has 4 aromatic heterocycles. The van der Waals surface area contributed by atoms with Gasteiger partial charge in [-0.2, -0.15) is 0 Å². The number of nitrogens with one attached hydrogen (secondary N) is 3. The van der Waals surface area contributed by atoms with Crippen LogP contribution in [0.15, 0.2) is 55.6 Å². The molecule has 202 valence electrons. The van der Waals surface area contributed by atoms with Gasteiger partial charge in [-0.1, -0.05) is 6.58 Å². The van der Waals surface area contributed by atoms with E-state index in [1.165, 1.54) is 22.3 Å². The van der Waals surface area contributed by atoms with Crippen LogP contribution in [0.25, 0.3) is 10.2 Å². The van der Waals surface area contributed by atoms with Crippen molar-refractivity contribution in [1.82, 2.24) is 30.6 Å². The van der Waals surface area contributed by atoms with E-state index in [-0.39, 0.29) is 35.8 Å². The van der Waals surface area contributed by atoms with Crippen molar-refractivity contribution >= 4 is 56.5 Å². The number of pyridine rings is 2. The van der Waals surface area contributed by atoms with Gasteiger partial charge in [-0.25, -0.2) is 24.7 Å². The fraction of sp³-hybridized carbons (Fsp3) is 0.222. The van der Waals surface area contributed by atoms with Crippen molar-refractivity contribution in [2.75, 3.05) is 10.2 Å². The molecular formula is C27H24N8O4S. The van der Waals surface area contributed by atoms with Gasteiger partial charge in [0.1, 0.15) is 9.71 Å². The van der Waals surface area contributed by atoms with E-state index in [0.717, 1.165) is 24.8 Å². The standard InChI is InChI=1S/C27H24N8O4S/c1-3-19(36)32-15-6-4-7-16(15)33-24(37)23-22-21-17(8-11-28-25(21)40-23)35(27(38)34-22)18-13-31-20(12-14(18)2)39-26-29-9-5-10-30-26/h3,5,8-13,15-16H,1,4,6-7H2,2H3,(H,32,36)(H,33,37)(H,34,38)/t15-,16+/m0/s1. The number of amides is 4. The Morgan fingerprint density at radius 3 is 2.65 bits per heavy atom. The molecule has 4 aromatic rings. The Kier molecular flexibility index (Phi) is 6.56. The van der Waals surface area contributed by atoms with Gasteiger partial charge in [-0.15, -0.1) is 11.3 Å². The van der Waals surface area contributed by atoms with Gasteiger partial charge >= 0.3 is 12.0 Å². The average molecular weight is 557 g/mol. The van der Waals surface area contributed by atoms with Gasteiger partial charge in [0.25, 0.3) is 5.91 Å².